The molecule has 0 bridgehead atoms. The van der Waals surface area contributed by atoms with Crippen molar-refractivity contribution in [2.75, 3.05) is 26.9 Å². The highest BCUT2D eigenvalue weighted by Gasteiger charge is 2.03. The highest BCUT2D eigenvalue weighted by Crippen LogP contribution is 2.20. The quantitative estimate of drug-likeness (QED) is 0.539. The summed E-state index contributed by atoms with van der Waals surface area (Å²) in [5.41, 5.74) is 2.43. The molecule has 0 atom stereocenters. The number of hydrogen-bond acceptors (Lipinski definition) is 3. The average molecular weight is 249 g/mol. The van der Waals surface area contributed by atoms with Gasteiger partial charge in [-0.05, 0) is 19.4 Å². The van der Waals surface area contributed by atoms with Gasteiger partial charge in [0.2, 0.25) is 0 Å². The fourth-order valence-electron chi connectivity index (χ4n) is 1.64. The smallest absolute Gasteiger partial charge is 0.123 e. The third kappa shape index (κ3) is 5.34. The molecule has 0 aliphatic heterocycles. The van der Waals surface area contributed by atoms with Gasteiger partial charge in [0.05, 0.1) is 13.2 Å². The molecule has 100 valence electrons. The van der Waals surface area contributed by atoms with Crippen LogP contribution in [0.15, 0.2) is 30.9 Å². The van der Waals surface area contributed by atoms with Gasteiger partial charge in [-0.2, -0.15) is 0 Å². The lowest BCUT2D eigenvalue weighted by Crippen LogP contribution is -2.19. The SMILES string of the molecule is C=CCCOc1ccc(C)cc1CNCCOC. The van der Waals surface area contributed by atoms with Gasteiger partial charge in [0, 0.05) is 25.8 Å². The maximum absolute atomic E-state index is 5.75. The summed E-state index contributed by atoms with van der Waals surface area (Å²) < 4.78 is 10.8. The molecular formula is C15H23NO2. The number of nitrogens with one attached hydrogen (secondary N) is 1. The summed E-state index contributed by atoms with van der Waals surface area (Å²) in [5.74, 6) is 0.951. The molecule has 0 amide bonds. The fourth-order valence-corrected chi connectivity index (χ4v) is 1.64. The number of methoxy groups -OCH3 is 1. The maximum atomic E-state index is 5.75. The Balaban J connectivity index is 2.55. The van der Waals surface area contributed by atoms with Crippen molar-refractivity contribution in [1.82, 2.24) is 5.32 Å². The number of rotatable bonds is 9. The van der Waals surface area contributed by atoms with E-state index < -0.39 is 0 Å². The molecule has 1 N–H and O–H groups in total. The monoisotopic (exact) mass is 249 g/mol. The van der Waals surface area contributed by atoms with Gasteiger partial charge in [0.25, 0.3) is 0 Å². The van der Waals surface area contributed by atoms with E-state index in [9.17, 15) is 0 Å². The summed E-state index contributed by atoms with van der Waals surface area (Å²) in [6.07, 6.45) is 2.73. The topological polar surface area (TPSA) is 30.5 Å². The van der Waals surface area contributed by atoms with Gasteiger partial charge in [-0.3, -0.25) is 0 Å². The molecule has 0 aromatic heterocycles. The van der Waals surface area contributed by atoms with Crippen LogP contribution in [0.3, 0.4) is 0 Å². The molecule has 1 aromatic carbocycles. The highest BCUT2D eigenvalue weighted by molar-refractivity contribution is 5.36. The van der Waals surface area contributed by atoms with Crippen molar-refractivity contribution < 1.29 is 9.47 Å². The Morgan fingerprint density at radius 3 is 2.89 bits per heavy atom. The summed E-state index contributed by atoms with van der Waals surface area (Å²) in [5, 5.41) is 3.34. The molecule has 0 fully saturated rings. The Hall–Kier alpha value is -1.32. The number of aryl methyl sites for hydroxylation is 1. The summed E-state index contributed by atoms with van der Waals surface area (Å²) >= 11 is 0. The molecule has 0 radical (unpaired) electrons. The van der Waals surface area contributed by atoms with Crippen LogP contribution in [0, 0.1) is 6.92 Å². The molecule has 1 rings (SSSR count). The molecule has 0 unspecified atom stereocenters. The zero-order valence-electron chi connectivity index (χ0n) is 11.4. The van der Waals surface area contributed by atoms with Crippen molar-refractivity contribution in [3.63, 3.8) is 0 Å². The van der Waals surface area contributed by atoms with E-state index in [1.54, 1.807) is 7.11 Å². The summed E-state index contributed by atoms with van der Waals surface area (Å²) in [4.78, 5) is 0. The van der Waals surface area contributed by atoms with Crippen LogP contribution in [0.25, 0.3) is 0 Å². The minimum absolute atomic E-state index is 0.678. The minimum Gasteiger partial charge on any atom is -0.493 e. The van der Waals surface area contributed by atoms with E-state index in [-0.39, 0.29) is 0 Å². The molecule has 1 aromatic rings. The van der Waals surface area contributed by atoms with Crippen LogP contribution in [-0.4, -0.2) is 26.9 Å². The second-order valence-electron chi connectivity index (χ2n) is 4.21. The fraction of sp³-hybridized carbons (Fsp3) is 0.467. The summed E-state index contributed by atoms with van der Waals surface area (Å²) in [7, 11) is 1.71. The van der Waals surface area contributed by atoms with E-state index >= 15 is 0 Å². The van der Waals surface area contributed by atoms with Gasteiger partial charge in [-0.15, -0.1) is 6.58 Å². The Morgan fingerprint density at radius 1 is 1.33 bits per heavy atom. The Kier molecular flexibility index (Phi) is 7.14. The highest BCUT2D eigenvalue weighted by atomic mass is 16.5. The van der Waals surface area contributed by atoms with E-state index in [2.05, 4.69) is 31.0 Å². The van der Waals surface area contributed by atoms with E-state index in [1.165, 1.54) is 11.1 Å². The molecule has 18 heavy (non-hydrogen) atoms. The van der Waals surface area contributed by atoms with Gasteiger partial charge >= 0.3 is 0 Å². The lowest BCUT2D eigenvalue weighted by molar-refractivity contribution is 0.199. The zero-order chi connectivity index (χ0) is 13.2. The summed E-state index contributed by atoms with van der Waals surface area (Å²) in [6.45, 7) is 8.82. The minimum atomic E-state index is 0.678. The number of ether oxygens (including phenoxy) is 2. The standard InChI is InChI=1S/C15H23NO2/c1-4-5-9-18-15-7-6-13(2)11-14(15)12-16-8-10-17-3/h4,6-7,11,16H,1,5,8-10,12H2,2-3H3. The Bertz CT molecular complexity index is 364. The molecule has 0 aliphatic rings. The predicted molar refractivity (Wildman–Crippen MR) is 75.1 cm³/mol. The lowest BCUT2D eigenvalue weighted by atomic mass is 10.1. The van der Waals surface area contributed by atoms with Crippen LogP contribution in [0.4, 0.5) is 0 Å². The third-order valence-electron chi connectivity index (χ3n) is 2.59. The number of benzene rings is 1. The van der Waals surface area contributed by atoms with Crippen molar-refractivity contribution in [1.29, 1.82) is 0 Å². The van der Waals surface area contributed by atoms with Gasteiger partial charge in [-0.25, -0.2) is 0 Å². The Morgan fingerprint density at radius 2 is 2.17 bits per heavy atom. The van der Waals surface area contributed by atoms with Crippen molar-refractivity contribution in [3.8, 4) is 5.75 Å². The molecule has 0 saturated carbocycles. The second kappa shape index (κ2) is 8.72. The molecular weight excluding hydrogens is 226 g/mol. The maximum Gasteiger partial charge on any atom is 0.123 e. The van der Waals surface area contributed by atoms with Gasteiger partial charge in [0.1, 0.15) is 5.75 Å². The van der Waals surface area contributed by atoms with Crippen LogP contribution >= 0.6 is 0 Å². The van der Waals surface area contributed by atoms with Crippen molar-refractivity contribution >= 4 is 0 Å². The van der Waals surface area contributed by atoms with E-state index in [4.69, 9.17) is 9.47 Å². The van der Waals surface area contributed by atoms with E-state index in [0.717, 1.165) is 31.9 Å². The van der Waals surface area contributed by atoms with Crippen molar-refractivity contribution in [2.45, 2.75) is 19.9 Å². The predicted octanol–water partition coefficient (Wildman–Crippen LogP) is 2.69. The molecule has 3 heteroatoms. The molecule has 0 spiro atoms. The van der Waals surface area contributed by atoms with Crippen LogP contribution in [0.5, 0.6) is 5.75 Å². The van der Waals surface area contributed by atoms with E-state index in [1.807, 2.05) is 12.1 Å². The van der Waals surface area contributed by atoms with Crippen molar-refractivity contribution in [2.24, 2.45) is 0 Å². The van der Waals surface area contributed by atoms with Gasteiger partial charge < -0.3 is 14.8 Å². The Labute approximate surface area is 110 Å². The van der Waals surface area contributed by atoms with Crippen LogP contribution < -0.4 is 10.1 Å². The first kappa shape index (κ1) is 14.7. The largest absolute Gasteiger partial charge is 0.493 e. The first-order valence-electron chi connectivity index (χ1n) is 6.30. The molecule has 0 heterocycles. The lowest BCUT2D eigenvalue weighted by Gasteiger charge is -2.12. The second-order valence-corrected chi connectivity index (χ2v) is 4.21. The molecule has 0 saturated heterocycles. The van der Waals surface area contributed by atoms with Crippen LogP contribution in [-0.2, 0) is 11.3 Å². The van der Waals surface area contributed by atoms with Gasteiger partial charge in [0.15, 0.2) is 0 Å². The summed E-state index contributed by atoms with van der Waals surface area (Å²) in [6, 6.07) is 6.26. The van der Waals surface area contributed by atoms with Crippen LogP contribution in [0.1, 0.15) is 17.5 Å². The van der Waals surface area contributed by atoms with Crippen LogP contribution in [0.2, 0.25) is 0 Å². The average Bonchev–Trinajstić information content (AvgIpc) is 2.37. The zero-order valence-corrected chi connectivity index (χ0v) is 11.4. The molecule has 0 aliphatic carbocycles. The van der Waals surface area contributed by atoms with E-state index in [0.29, 0.717) is 6.61 Å². The third-order valence-corrected chi connectivity index (χ3v) is 2.59. The van der Waals surface area contributed by atoms with Crippen molar-refractivity contribution in [3.05, 3.63) is 42.0 Å². The van der Waals surface area contributed by atoms with Gasteiger partial charge in [-0.1, -0.05) is 23.8 Å². The normalized spacial score (nSPS) is 10.3. The molecule has 3 nitrogen and oxygen atoms in total. The first-order chi connectivity index (χ1) is 8.77. The first-order valence-corrected chi connectivity index (χ1v) is 6.30. The number of hydrogen-bond donors (Lipinski definition) is 1.